The number of halogens is 1. The maximum Gasteiger partial charge on any atom is 0.281 e. The first-order valence-electron chi connectivity index (χ1n) is 11.6. The Hall–Kier alpha value is -3.94. The van der Waals surface area contributed by atoms with Crippen LogP contribution in [0.15, 0.2) is 107 Å². The molecule has 0 fully saturated rings. The highest BCUT2D eigenvalue weighted by Gasteiger charge is 2.39. The van der Waals surface area contributed by atoms with Gasteiger partial charge in [-0.1, -0.05) is 90.5 Å². The van der Waals surface area contributed by atoms with Gasteiger partial charge in [0, 0.05) is 0 Å². The Morgan fingerprint density at radius 3 is 2.14 bits per heavy atom. The van der Waals surface area contributed by atoms with Crippen molar-refractivity contribution in [1.82, 2.24) is 5.43 Å². The van der Waals surface area contributed by atoms with Gasteiger partial charge in [0.1, 0.15) is 6.61 Å². The van der Waals surface area contributed by atoms with Crippen molar-refractivity contribution in [2.75, 3.05) is 7.11 Å². The van der Waals surface area contributed by atoms with Gasteiger partial charge in [0.25, 0.3) is 5.91 Å². The summed E-state index contributed by atoms with van der Waals surface area (Å²) in [6.07, 6.45) is 1.48. The molecule has 0 atom stereocenters. The molecule has 2 N–H and O–H groups in total. The van der Waals surface area contributed by atoms with Crippen LogP contribution in [0.4, 0.5) is 0 Å². The zero-order valence-electron chi connectivity index (χ0n) is 20.5. The summed E-state index contributed by atoms with van der Waals surface area (Å²) in [5, 5.41) is 15.6. The third kappa shape index (κ3) is 6.07. The SMILES string of the molecule is COc1cc(/C=N\NC(=O)C(O)(c2ccccc2)c2ccccc2)cc(Br)c1OCc1ccc(C)cc1. The highest BCUT2D eigenvalue weighted by molar-refractivity contribution is 9.10. The first-order valence-corrected chi connectivity index (χ1v) is 12.4. The molecule has 0 unspecified atom stereocenters. The summed E-state index contributed by atoms with van der Waals surface area (Å²) in [4.78, 5) is 13.2. The number of benzene rings is 4. The van der Waals surface area contributed by atoms with Gasteiger partial charge in [-0.2, -0.15) is 5.10 Å². The minimum Gasteiger partial charge on any atom is -0.493 e. The molecule has 0 spiro atoms. The maximum absolute atomic E-state index is 13.2. The topological polar surface area (TPSA) is 80.2 Å². The predicted molar refractivity (Wildman–Crippen MR) is 148 cm³/mol. The van der Waals surface area contributed by atoms with Crippen LogP contribution < -0.4 is 14.9 Å². The lowest BCUT2D eigenvalue weighted by atomic mass is 9.85. The predicted octanol–water partition coefficient (Wildman–Crippen LogP) is 5.73. The van der Waals surface area contributed by atoms with Crippen LogP contribution in [0.3, 0.4) is 0 Å². The number of hydrogen-bond acceptors (Lipinski definition) is 5. The molecule has 4 rings (SSSR count). The lowest BCUT2D eigenvalue weighted by Crippen LogP contribution is -2.43. The lowest BCUT2D eigenvalue weighted by Gasteiger charge is -2.27. The Balaban J connectivity index is 1.52. The zero-order chi connectivity index (χ0) is 26.3. The van der Waals surface area contributed by atoms with Crippen LogP contribution in [-0.2, 0) is 17.0 Å². The number of aliphatic hydroxyl groups is 1. The van der Waals surface area contributed by atoms with Crippen molar-refractivity contribution in [3.05, 3.63) is 129 Å². The van der Waals surface area contributed by atoms with Gasteiger partial charge in [0.15, 0.2) is 17.1 Å². The first-order chi connectivity index (χ1) is 17.9. The zero-order valence-corrected chi connectivity index (χ0v) is 22.1. The van der Waals surface area contributed by atoms with Crippen LogP contribution in [-0.4, -0.2) is 24.3 Å². The summed E-state index contributed by atoms with van der Waals surface area (Å²) in [7, 11) is 1.56. The van der Waals surface area contributed by atoms with Crippen molar-refractivity contribution in [1.29, 1.82) is 0 Å². The molecule has 0 heterocycles. The molecule has 6 nitrogen and oxygen atoms in total. The largest absolute Gasteiger partial charge is 0.493 e. The number of hydrazone groups is 1. The van der Waals surface area contributed by atoms with Crippen LogP contribution in [0.1, 0.15) is 27.8 Å². The number of amides is 1. The molecule has 188 valence electrons. The van der Waals surface area contributed by atoms with Gasteiger partial charge < -0.3 is 14.6 Å². The van der Waals surface area contributed by atoms with Crippen LogP contribution in [0.2, 0.25) is 0 Å². The number of nitrogens with one attached hydrogen (secondary N) is 1. The van der Waals surface area contributed by atoms with Gasteiger partial charge >= 0.3 is 0 Å². The average Bonchev–Trinajstić information content (AvgIpc) is 2.93. The molecule has 0 saturated carbocycles. The molecular formula is C30H27BrN2O4. The van der Waals surface area contributed by atoms with E-state index in [-0.39, 0.29) is 0 Å². The highest BCUT2D eigenvalue weighted by atomic mass is 79.9. The number of carbonyl (C=O) groups excluding carboxylic acids is 1. The van der Waals surface area contributed by atoms with Gasteiger partial charge in [0.05, 0.1) is 17.8 Å². The molecule has 4 aromatic rings. The van der Waals surface area contributed by atoms with Crippen molar-refractivity contribution < 1.29 is 19.4 Å². The average molecular weight is 559 g/mol. The second-order valence-corrected chi connectivity index (χ2v) is 9.30. The van der Waals surface area contributed by atoms with Crippen LogP contribution in [0.25, 0.3) is 0 Å². The van der Waals surface area contributed by atoms with Crippen molar-refractivity contribution in [2.45, 2.75) is 19.1 Å². The summed E-state index contributed by atoms with van der Waals surface area (Å²) in [6.45, 7) is 2.42. The van der Waals surface area contributed by atoms with E-state index in [1.165, 1.54) is 11.8 Å². The quantitative estimate of drug-likeness (QED) is 0.203. The highest BCUT2D eigenvalue weighted by Crippen LogP contribution is 2.37. The molecule has 37 heavy (non-hydrogen) atoms. The third-order valence-corrected chi connectivity index (χ3v) is 6.44. The number of nitrogens with zero attached hydrogens (tertiary/aromatic N) is 1. The van der Waals surface area contributed by atoms with Crippen molar-refractivity contribution in [2.24, 2.45) is 5.10 Å². The van der Waals surface area contributed by atoms with E-state index < -0.39 is 11.5 Å². The Morgan fingerprint density at radius 1 is 0.973 bits per heavy atom. The van der Waals surface area contributed by atoms with E-state index in [1.54, 1.807) is 61.7 Å². The molecule has 0 radical (unpaired) electrons. The van der Waals surface area contributed by atoms with Gasteiger partial charge in [-0.25, -0.2) is 5.43 Å². The standard InChI is InChI=1S/C30H27BrN2O4/c1-21-13-15-22(16-14-21)20-37-28-26(31)17-23(18-27(28)36-2)19-32-33-29(34)30(35,24-9-5-3-6-10-24)25-11-7-4-8-12-25/h3-19,35H,20H2,1-2H3,(H,33,34)/b32-19-. The number of rotatable bonds is 9. The Morgan fingerprint density at radius 2 is 1.57 bits per heavy atom. The number of methoxy groups -OCH3 is 1. The van der Waals surface area contributed by atoms with Crippen molar-refractivity contribution >= 4 is 28.1 Å². The molecule has 4 aromatic carbocycles. The van der Waals surface area contributed by atoms with Crippen LogP contribution >= 0.6 is 15.9 Å². The van der Waals surface area contributed by atoms with Gasteiger partial charge in [-0.15, -0.1) is 0 Å². The molecule has 0 aromatic heterocycles. The van der Waals surface area contributed by atoms with Crippen LogP contribution in [0.5, 0.6) is 11.5 Å². The minimum absolute atomic E-state index is 0.385. The lowest BCUT2D eigenvalue weighted by molar-refractivity contribution is -0.136. The molecule has 7 heteroatoms. The Labute approximate surface area is 224 Å². The molecule has 0 aliphatic carbocycles. The van der Waals surface area contributed by atoms with E-state index in [4.69, 9.17) is 9.47 Å². The molecule has 0 saturated heterocycles. The molecule has 0 aliphatic rings. The molecule has 0 bridgehead atoms. The third-order valence-electron chi connectivity index (χ3n) is 5.85. The first kappa shape index (κ1) is 26.1. The number of carbonyl (C=O) groups is 1. The summed E-state index contributed by atoms with van der Waals surface area (Å²) in [5.74, 6) is 0.399. The monoisotopic (exact) mass is 558 g/mol. The van der Waals surface area contributed by atoms with Gasteiger partial charge in [-0.05, 0) is 57.2 Å². The molecular weight excluding hydrogens is 532 g/mol. The fourth-order valence-electron chi connectivity index (χ4n) is 3.83. The van der Waals surface area contributed by atoms with E-state index in [2.05, 4.69) is 26.5 Å². The summed E-state index contributed by atoms with van der Waals surface area (Å²) >= 11 is 3.54. The smallest absolute Gasteiger partial charge is 0.281 e. The van der Waals surface area contributed by atoms with Crippen molar-refractivity contribution in [3.63, 3.8) is 0 Å². The maximum atomic E-state index is 13.2. The summed E-state index contributed by atoms with van der Waals surface area (Å²) < 4.78 is 12.2. The number of aryl methyl sites for hydroxylation is 1. The normalized spacial score (nSPS) is 11.4. The number of hydrogen-bond donors (Lipinski definition) is 2. The van der Waals surface area contributed by atoms with E-state index in [9.17, 15) is 9.90 Å². The number of ether oxygens (including phenoxy) is 2. The molecule has 1 amide bonds. The minimum atomic E-state index is -1.91. The van der Waals surface area contributed by atoms with E-state index in [0.29, 0.717) is 39.3 Å². The summed E-state index contributed by atoms with van der Waals surface area (Å²) in [5.41, 5.74) is 4.34. The van der Waals surface area contributed by atoms with Crippen molar-refractivity contribution in [3.8, 4) is 11.5 Å². The molecule has 0 aliphatic heterocycles. The fourth-order valence-corrected chi connectivity index (χ4v) is 4.40. The van der Waals surface area contributed by atoms with E-state index >= 15 is 0 Å². The second-order valence-electron chi connectivity index (χ2n) is 8.45. The van der Waals surface area contributed by atoms with Gasteiger partial charge in [0.2, 0.25) is 0 Å². The van der Waals surface area contributed by atoms with Gasteiger partial charge in [-0.3, -0.25) is 4.79 Å². The fraction of sp³-hybridized carbons (Fsp3) is 0.133. The van der Waals surface area contributed by atoms with E-state index in [1.807, 2.05) is 49.4 Å². The Bertz CT molecular complexity index is 1330. The second kappa shape index (κ2) is 11.9. The van der Waals surface area contributed by atoms with E-state index in [0.717, 1.165) is 5.56 Å². The Kier molecular flexibility index (Phi) is 8.38. The van der Waals surface area contributed by atoms with Crippen LogP contribution in [0, 0.1) is 6.92 Å². The summed E-state index contributed by atoms with van der Waals surface area (Å²) in [6, 6.07) is 29.2.